The number of amides is 3. The Hall–Kier alpha value is -10.9. The summed E-state index contributed by atoms with van der Waals surface area (Å²) < 4.78 is 13.7. The number of piperazine rings is 2. The van der Waals surface area contributed by atoms with Gasteiger partial charge >= 0.3 is 0 Å². The lowest BCUT2D eigenvalue weighted by Crippen LogP contribution is -2.45. The number of benzene rings is 4. The topological polar surface area (TPSA) is 315 Å². The Labute approximate surface area is 864 Å². The molecule has 0 bridgehead atoms. The molecule has 9 aromatic heterocycles. The van der Waals surface area contributed by atoms with Gasteiger partial charge in [0.25, 0.3) is 0 Å². The molecular weight excluding hydrogens is 1950 g/mol. The lowest BCUT2D eigenvalue weighted by Gasteiger charge is -2.32. The van der Waals surface area contributed by atoms with Gasteiger partial charge in [-0.1, -0.05) is 101 Å². The summed E-state index contributed by atoms with van der Waals surface area (Å²) in [5.41, 5.74) is 17.4. The fourth-order valence-corrected chi connectivity index (χ4v) is 24.0. The molecule has 4 aromatic carbocycles. The van der Waals surface area contributed by atoms with Gasteiger partial charge in [0.05, 0.1) is 55.3 Å². The number of thiophene rings is 4. The molecule has 0 radical (unpaired) electrons. The van der Waals surface area contributed by atoms with Crippen LogP contribution in [0, 0.1) is 83.1 Å². The van der Waals surface area contributed by atoms with Crippen molar-refractivity contribution in [2.75, 3.05) is 132 Å². The smallest absolute Gasteiger partial charge is 0.222 e. The highest BCUT2D eigenvalue weighted by atomic mass is 35.5. The Morgan fingerprint density at radius 2 is 0.676 bits per heavy atom. The number of ketones is 1. The first kappa shape index (κ1) is 103. The van der Waals surface area contributed by atoms with Crippen LogP contribution in [0.15, 0.2) is 142 Å². The average Bonchev–Trinajstić information content (AvgIpc) is 1.60. The summed E-state index contributed by atoms with van der Waals surface area (Å²) in [7, 11) is 4.31. The van der Waals surface area contributed by atoms with Crippen LogP contribution >= 0.6 is 91.8 Å². The number of hydrogen-bond acceptors (Lipinski definition) is 27. The minimum Gasteiger partial charge on any atom is -0.379 e. The fraction of sp³-hybridized carbons (Fsp3) is 0.413. The molecule has 7 aliphatic heterocycles. The molecule has 38 heteroatoms. The molecule has 0 spiro atoms. The Morgan fingerprint density at radius 3 is 1.01 bits per heavy atom. The summed E-state index contributed by atoms with van der Waals surface area (Å²) >= 11 is 31.6. The van der Waals surface area contributed by atoms with Gasteiger partial charge in [0.15, 0.2) is 23.3 Å². The van der Waals surface area contributed by atoms with Gasteiger partial charge in [0.1, 0.15) is 73.3 Å². The number of fused-ring (bicyclic) bond motifs is 12. The van der Waals surface area contributed by atoms with Gasteiger partial charge in [-0.2, -0.15) is 0 Å². The van der Waals surface area contributed by atoms with Crippen molar-refractivity contribution in [2.45, 2.75) is 152 Å². The van der Waals surface area contributed by atoms with Crippen molar-refractivity contribution in [2.24, 2.45) is 20.0 Å². The predicted octanol–water partition coefficient (Wildman–Crippen LogP) is 16.9. The van der Waals surface area contributed by atoms with Crippen LogP contribution in [0.5, 0.6) is 0 Å². The molecule has 0 unspecified atom stereocenters. The van der Waals surface area contributed by atoms with Crippen molar-refractivity contribution in [3.8, 4) is 20.0 Å². The molecule has 4 atom stereocenters. The first-order chi connectivity index (χ1) is 68.5. The maximum Gasteiger partial charge on any atom is 0.222 e. The largest absolute Gasteiger partial charge is 0.379 e. The molecule has 3 fully saturated rings. The maximum atomic E-state index is 13.2. The predicted molar refractivity (Wildman–Crippen MR) is 568 cm³/mol. The van der Waals surface area contributed by atoms with Crippen LogP contribution in [-0.2, 0) is 30.3 Å². The number of ether oxygens (including phenoxy) is 1. The quantitative estimate of drug-likeness (QED) is 0.0448. The van der Waals surface area contributed by atoms with E-state index in [4.69, 9.17) is 71.1 Å². The highest BCUT2D eigenvalue weighted by molar-refractivity contribution is 7.16. The second-order valence-electron chi connectivity index (χ2n) is 37.0. The summed E-state index contributed by atoms with van der Waals surface area (Å²) in [6.45, 7) is 41.0. The van der Waals surface area contributed by atoms with E-state index in [0.717, 1.165) is 227 Å². The summed E-state index contributed by atoms with van der Waals surface area (Å²) in [6, 6.07) is 33.1. The van der Waals surface area contributed by atoms with E-state index in [1.807, 2.05) is 143 Å². The molecule has 7 aliphatic rings. The number of aliphatic imine (C=N–C) groups is 4. The Balaban J connectivity index is 0.000000130. The van der Waals surface area contributed by atoms with Crippen molar-refractivity contribution in [3.05, 3.63) is 280 Å². The standard InChI is InChI=1S/C27H34ClN7OS.C26H31ClN6OS.C26H25ClN6OS.C25H29ClN6O2S/c1-17-18(2)37-27-24(17)25(20-6-8-21(28)9-7-20)30-22(26-32-31-19(3)35(26)27)16-23(36)29-10-5-11-34-14-12-33(4)13-15-34;1-16-17(2)35-26-23(16)24(19-5-7-20(27)8-6-19)28-22(25-30-29-18(3)33(25)26)15-21(34)9-10-32-13-11-31(4)12-14-32;1-15-16(2)35-26-23(15)24(19-6-8-20(27)9-7-19)30-21(25-32-31-17(3)33(25)26)13-22(34)29-12-10-18-5-4-11-28-14-18;1-15-16(2)35-25-22(15)23(18-4-6-19(26)7-5-18)28-20(24-30-29-17(3)32(24)25)14-21(33)27-8-9-31-10-12-34-13-11-31/h6-9,22H,5,10-16H2,1-4H3,(H,29,36);5-8,22H,9-15H2,1-4H3;4-9,11,14,21H,10,12-13H2,1-3H3,(H,29,34);4-7,20H,8-14H2,1-3H3,(H,27,33)/t2*22-;21-;20-/m0000/s1. The van der Waals surface area contributed by atoms with Crippen LogP contribution in [0.25, 0.3) is 20.0 Å². The number of hydrogen-bond donors (Lipinski definition) is 3. The molecule has 0 saturated carbocycles. The van der Waals surface area contributed by atoms with E-state index in [9.17, 15) is 19.2 Å². The van der Waals surface area contributed by atoms with Gasteiger partial charge in [-0.15, -0.1) is 86.1 Å². The SMILES string of the molecule is Cc1sc2c(c1C)C(c1ccc(Cl)cc1)=N[C@@H](CC(=O)CCN1CCN(C)CC1)c1nnc(C)n1-2.Cc1sc2c(c1C)C(c1ccc(Cl)cc1)=N[C@@H](CC(=O)NCCCN1CCN(C)CC1)c1nnc(C)n1-2.Cc1sc2c(c1C)C(c1ccc(Cl)cc1)=N[C@@H](CC(=O)NCCN1CCOCC1)c1nnc(C)n1-2.Cc1sc2c(c1C)C(c1ccc(Cl)cc1)=N[C@@H](CC(=O)NCCc1cccnc1)c1nnc(C)n1-2. The molecule has 742 valence electrons. The van der Waals surface area contributed by atoms with E-state index in [0.29, 0.717) is 76.5 Å². The lowest BCUT2D eigenvalue weighted by atomic mass is 9.99. The van der Waals surface area contributed by atoms with E-state index in [-0.39, 0.29) is 48.8 Å². The van der Waals surface area contributed by atoms with Gasteiger partial charge in [0.2, 0.25) is 17.7 Å². The van der Waals surface area contributed by atoms with Crippen molar-refractivity contribution in [1.82, 2.24) is 104 Å². The van der Waals surface area contributed by atoms with Crippen LogP contribution in [0.1, 0.15) is 201 Å². The van der Waals surface area contributed by atoms with Gasteiger partial charge in [-0.05, 0) is 199 Å². The molecule has 16 heterocycles. The van der Waals surface area contributed by atoms with Crippen LogP contribution in [0.3, 0.4) is 0 Å². The number of nitrogens with zero attached hydrogens (tertiary/aromatic N) is 22. The third kappa shape index (κ3) is 23.4. The number of aryl methyl sites for hydroxylation is 8. The Bertz CT molecular complexity index is 6870. The number of carbonyl (C=O) groups excluding carboxylic acids is 4. The third-order valence-corrected chi connectivity index (χ3v) is 32.9. The molecule has 3 saturated heterocycles. The Kier molecular flexibility index (Phi) is 33.2. The normalized spacial score (nSPS) is 17.4. The van der Waals surface area contributed by atoms with Crippen molar-refractivity contribution >= 4 is 138 Å². The molecule has 0 aliphatic carbocycles. The molecule has 3 N–H and O–H groups in total. The van der Waals surface area contributed by atoms with Crippen LogP contribution in [0.2, 0.25) is 20.1 Å². The van der Waals surface area contributed by atoms with Gasteiger partial charge in [0, 0.05) is 208 Å². The molecular formula is C104H119Cl4N25O5S4. The second-order valence-corrected chi connectivity index (χ2v) is 43.5. The number of aromatic nitrogens is 13. The highest BCUT2D eigenvalue weighted by Crippen LogP contribution is 2.46. The number of morpholine rings is 1. The summed E-state index contributed by atoms with van der Waals surface area (Å²) in [4.78, 5) is 93.8. The summed E-state index contributed by atoms with van der Waals surface area (Å²) in [6.07, 6.45) is 6.64. The van der Waals surface area contributed by atoms with E-state index in [1.165, 1.54) is 41.8 Å². The van der Waals surface area contributed by atoms with Crippen LogP contribution in [-0.4, -0.2) is 267 Å². The summed E-state index contributed by atoms with van der Waals surface area (Å²) in [5.74, 6) is 6.03. The Morgan fingerprint density at radius 1 is 0.366 bits per heavy atom. The summed E-state index contributed by atoms with van der Waals surface area (Å²) in [5, 5.41) is 51.5. The zero-order valence-corrected chi connectivity index (χ0v) is 88.8. The fourth-order valence-electron chi connectivity index (χ4n) is 18.6. The van der Waals surface area contributed by atoms with Crippen molar-refractivity contribution in [1.29, 1.82) is 0 Å². The van der Waals surface area contributed by atoms with E-state index < -0.39 is 18.1 Å². The number of pyridine rings is 1. The van der Waals surface area contributed by atoms with Gasteiger partial charge in [-0.25, -0.2) is 0 Å². The van der Waals surface area contributed by atoms with Crippen molar-refractivity contribution < 1.29 is 23.9 Å². The molecule has 142 heavy (non-hydrogen) atoms. The molecule has 30 nitrogen and oxygen atoms in total. The number of Topliss-reactive ketones (excluding diaryl/α,β-unsaturated/α-hetero) is 1. The molecule has 13 aromatic rings. The first-order valence-electron chi connectivity index (χ1n) is 48.3. The minimum absolute atomic E-state index is 0.0204. The van der Waals surface area contributed by atoms with E-state index >= 15 is 0 Å². The monoisotopic (exact) mass is 2070 g/mol. The maximum absolute atomic E-state index is 13.2. The lowest BCUT2D eigenvalue weighted by molar-refractivity contribution is -0.122. The van der Waals surface area contributed by atoms with Gasteiger partial charge < -0.3 is 40.3 Å². The van der Waals surface area contributed by atoms with Crippen LogP contribution < -0.4 is 16.0 Å². The highest BCUT2D eigenvalue weighted by Gasteiger charge is 2.39. The molecule has 3 amide bonds. The van der Waals surface area contributed by atoms with Crippen LogP contribution in [0.4, 0.5) is 0 Å². The average molecular weight is 2070 g/mol. The number of carbonyl (C=O) groups is 4. The number of halogens is 4. The van der Waals surface area contributed by atoms with E-state index in [1.54, 1.807) is 51.5 Å². The van der Waals surface area contributed by atoms with E-state index in [2.05, 4.69) is 174 Å². The van der Waals surface area contributed by atoms with Crippen molar-refractivity contribution in [3.63, 3.8) is 0 Å². The molecule has 20 rings (SSSR count). The first-order valence-corrected chi connectivity index (χ1v) is 53.0. The number of nitrogens with one attached hydrogen (secondary N) is 3. The zero-order valence-electron chi connectivity index (χ0n) is 82.6. The zero-order chi connectivity index (χ0) is 99.8. The number of likely N-dealkylation sites (N-methyl/N-ethyl adjacent to an activating group) is 2. The second kappa shape index (κ2) is 46.0. The number of rotatable bonds is 25. The third-order valence-electron chi connectivity index (χ3n) is 27.2. The van der Waals surface area contributed by atoms with Gasteiger partial charge in [-0.3, -0.25) is 67.3 Å². The minimum atomic E-state index is -0.473.